The molecule has 0 saturated heterocycles. The minimum atomic E-state index is 0.118. The smallest absolute Gasteiger partial charge is 0.160 e. The van der Waals surface area contributed by atoms with Gasteiger partial charge in [0.1, 0.15) is 0 Å². The molecular weight excluding hydrogens is 244 g/mol. The second-order valence-electron chi connectivity index (χ2n) is 5.07. The minimum Gasteiger partial charge on any atom is -0.294 e. The summed E-state index contributed by atoms with van der Waals surface area (Å²) in [6.07, 6.45) is 0. The molecule has 3 rings (SSSR count). The number of fused-ring (bicyclic) bond motifs is 1. The number of benzene rings is 3. The van der Waals surface area contributed by atoms with Gasteiger partial charge in [0, 0.05) is 5.56 Å². The third kappa shape index (κ3) is 2.01. The quantitative estimate of drug-likeness (QED) is 0.591. The van der Waals surface area contributed by atoms with E-state index in [1.165, 1.54) is 5.39 Å². The van der Waals surface area contributed by atoms with E-state index < -0.39 is 0 Å². The van der Waals surface area contributed by atoms with E-state index in [1.54, 1.807) is 6.92 Å². The van der Waals surface area contributed by atoms with Crippen LogP contribution in [-0.4, -0.2) is 5.78 Å². The maximum Gasteiger partial charge on any atom is 0.160 e. The topological polar surface area (TPSA) is 17.1 Å². The standard InChI is InChI=1S/C19H16O/c1-13-17-11-7-6-10-16(17)12-18(19(13)14(2)20)15-8-4-3-5-9-15/h3-12H,1-2H3. The first-order chi connectivity index (χ1) is 9.68. The highest BCUT2D eigenvalue weighted by Gasteiger charge is 2.14. The lowest BCUT2D eigenvalue weighted by Gasteiger charge is -2.14. The molecule has 0 bridgehead atoms. The van der Waals surface area contributed by atoms with Crippen LogP contribution in [0.3, 0.4) is 0 Å². The van der Waals surface area contributed by atoms with E-state index in [4.69, 9.17) is 0 Å². The highest BCUT2D eigenvalue weighted by atomic mass is 16.1. The molecule has 98 valence electrons. The highest BCUT2D eigenvalue weighted by molar-refractivity contribution is 6.07. The van der Waals surface area contributed by atoms with Gasteiger partial charge in [0.2, 0.25) is 0 Å². The van der Waals surface area contributed by atoms with Crippen LogP contribution in [0.2, 0.25) is 0 Å². The Morgan fingerprint density at radius 1 is 0.900 bits per heavy atom. The van der Waals surface area contributed by atoms with E-state index in [-0.39, 0.29) is 5.78 Å². The van der Waals surface area contributed by atoms with Crippen molar-refractivity contribution in [3.63, 3.8) is 0 Å². The van der Waals surface area contributed by atoms with Crippen LogP contribution in [0, 0.1) is 6.92 Å². The third-order valence-corrected chi connectivity index (χ3v) is 3.75. The molecule has 3 aromatic rings. The van der Waals surface area contributed by atoms with Crippen molar-refractivity contribution in [3.8, 4) is 11.1 Å². The molecule has 0 aliphatic carbocycles. The van der Waals surface area contributed by atoms with Gasteiger partial charge < -0.3 is 0 Å². The molecule has 0 heterocycles. The molecule has 0 aliphatic rings. The molecule has 0 aliphatic heterocycles. The summed E-state index contributed by atoms with van der Waals surface area (Å²) in [6, 6.07) is 20.4. The van der Waals surface area contributed by atoms with Crippen molar-refractivity contribution >= 4 is 16.6 Å². The fraction of sp³-hybridized carbons (Fsp3) is 0.105. The van der Waals surface area contributed by atoms with Crippen LogP contribution in [0.1, 0.15) is 22.8 Å². The van der Waals surface area contributed by atoms with Crippen LogP contribution in [0.4, 0.5) is 0 Å². The van der Waals surface area contributed by atoms with Crippen molar-refractivity contribution in [2.24, 2.45) is 0 Å². The van der Waals surface area contributed by atoms with Crippen LogP contribution in [0.25, 0.3) is 21.9 Å². The molecule has 0 unspecified atom stereocenters. The maximum absolute atomic E-state index is 12.1. The van der Waals surface area contributed by atoms with Crippen LogP contribution < -0.4 is 0 Å². The number of carbonyl (C=O) groups excluding carboxylic acids is 1. The maximum atomic E-state index is 12.1. The van der Waals surface area contributed by atoms with E-state index in [9.17, 15) is 4.79 Å². The van der Waals surface area contributed by atoms with Crippen LogP contribution in [0.15, 0.2) is 60.7 Å². The molecule has 20 heavy (non-hydrogen) atoms. The number of carbonyl (C=O) groups is 1. The molecule has 0 atom stereocenters. The van der Waals surface area contributed by atoms with Crippen LogP contribution in [-0.2, 0) is 0 Å². The molecule has 0 fully saturated rings. The largest absolute Gasteiger partial charge is 0.294 e. The van der Waals surface area contributed by atoms with Gasteiger partial charge in [-0.25, -0.2) is 0 Å². The normalized spacial score (nSPS) is 10.7. The Kier molecular flexibility index (Phi) is 3.11. The third-order valence-electron chi connectivity index (χ3n) is 3.75. The van der Waals surface area contributed by atoms with Gasteiger partial charge in [-0.05, 0) is 47.4 Å². The van der Waals surface area contributed by atoms with Gasteiger partial charge in [0.25, 0.3) is 0 Å². The molecule has 0 saturated carbocycles. The Balaban J connectivity index is 2.41. The Morgan fingerprint density at radius 3 is 2.25 bits per heavy atom. The highest BCUT2D eigenvalue weighted by Crippen LogP contribution is 2.32. The number of aryl methyl sites for hydroxylation is 1. The van der Waals surface area contributed by atoms with Crippen LogP contribution >= 0.6 is 0 Å². The van der Waals surface area contributed by atoms with Gasteiger partial charge in [-0.3, -0.25) is 4.79 Å². The van der Waals surface area contributed by atoms with Gasteiger partial charge in [-0.1, -0.05) is 54.6 Å². The SMILES string of the molecule is CC(=O)c1c(-c2ccccc2)cc2ccccc2c1C. The molecule has 0 radical (unpaired) electrons. The first-order valence-corrected chi connectivity index (χ1v) is 6.77. The monoisotopic (exact) mass is 260 g/mol. The second-order valence-corrected chi connectivity index (χ2v) is 5.07. The molecule has 0 spiro atoms. The van der Waals surface area contributed by atoms with Gasteiger partial charge in [0.05, 0.1) is 0 Å². The lowest BCUT2D eigenvalue weighted by molar-refractivity contribution is 0.101. The summed E-state index contributed by atoms with van der Waals surface area (Å²) < 4.78 is 0. The molecule has 0 amide bonds. The Labute approximate surface area is 118 Å². The lowest BCUT2D eigenvalue weighted by Crippen LogP contribution is -2.01. The van der Waals surface area contributed by atoms with Gasteiger partial charge in [0.15, 0.2) is 5.78 Å². The number of hydrogen-bond donors (Lipinski definition) is 0. The van der Waals surface area contributed by atoms with Crippen molar-refractivity contribution < 1.29 is 4.79 Å². The summed E-state index contributed by atoms with van der Waals surface area (Å²) in [4.78, 5) is 12.1. The summed E-state index contributed by atoms with van der Waals surface area (Å²) in [7, 11) is 0. The molecule has 1 heteroatoms. The predicted molar refractivity (Wildman–Crippen MR) is 84.1 cm³/mol. The molecule has 0 aromatic heterocycles. The lowest BCUT2D eigenvalue weighted by atomic mass is 9.89. The number of ketones is 1. The summed E-state index contributed by atoms with van der Waals surface area (Å²) in [5.74, 6) is 0.118. The number of hydrogen-bond acceptors (Lipinski definition) is 1. The van der Waals surface area contributed by atoms with Gasteiger partial charge in [-0.2, -0.15) is 0 Å². The van der Waals surface area contributed by atoms with Crippen molar-refractivity contribution in [1.82, 2.24) is 0 Å². The van der Waals surface area contributed by atoms with Crippen molar-refractivity contribution in [1.29, 1.82) is 0 Å². The van der Waals surface area contributed by atoms with Gasteiger partial charge >= 0.3 is 0 Å². The van der Waals surface area contributed by atoms with E-state index in [0.717, 1.165) is 27.6 Å². The van der Waals surface area contributed by atoms with Crippen molar-refractivity contribution in [2.45, 2.75) is 13.8 Å². The summed E-state index contributed by atoms with van der Waals surface area (Å²) in [5, 5.41) is 2.33. The Hall–Kier alpha value is -2.41. The minimum absolute atomic E-state index is 0.118. The number of rotatable bonds is 2. The number of Topliss-reactive ketones (excluding diaryl/α,β-unsaturated/α-hetero) is 1. The van der Waals surface area contributed by atoms with Crippen molar-refractivity contribution in [2.75, 3.05) is 0 Å². The zero-order valence-electron chi connectivity index (χ0n) is 11.7. The van der Waals surface area contributed by atoms with Crippen molar-refractivity contribution in [3.05, 3.63) is 71.8 Å². The first-order valence-electron chi connectivity index (χ1n) is 6.77. The summed E-state index contributed by atoms with van der Waals surface area (Å²) >= 11 is 0. The fourth-order valence-electron chi connectivity index (χ4n) is 2.83. The molecule has 0 N–H and O–H groups in total. The van der Waals surface area contributed by atoms with E-state index >= 15 is 0 Å². The Bertz CT molecular complexity index is 785. The predicted octanol–water partition coefficient (Wildman–Crippen LogP) is 5.02. The Morgan fingerprint density at radius 2 is 1.55 bits per heavy atom. The van der Waals surface area contributed by atoms with Gasteiger partial charge in [-0.15, -0.1) is 0 Å². The average Bonchev–Trinajstić information content (AvgIpc) is 2.47. The zero-order chi connectivity index (χ0) is 14.1. The average molecular weight is 260 g/mol. The summed E-state index contributed by atoms with van der Waals surface area (Å²) in [5.41, 5.74) is 4.00. The van der Waals surface area contributed by atoms with E-state index in [0.29, 0.717) is 0 Å². The molecule has 3 aromatic carbocycles. The molecule has 1 nitrogen and oxygen atoms in total. The van der Waals surface area contributed by atoms with Crippen LogP contribution in [0.5, 0.6) is 0 Å². The zero-order valence-corrected chi connectivity index (χ0v) is 11.7. The van der Waals surface area contributed by atoms with E-state index in [1.807, 2.05) is 37.3 Å². The summed E-state index contributed by atoms with van der Waals surface area (Å²) in [6.45, 7) is 3.68. The fourth-order valence-corrected chi connectivity index (χ4v) is 2.83. The second kappa shape index (κ2) is 4.93. The first kappa shape index (κ1) is 12.6. The molecular formula is C19H16O. The van der Waals surface area contributed by atoms with E-state index in [2.05, 4.69) is 30.3 Å².